The lowest BCUT2D eigenvalue weighted by Crippen LogP contribution is -2.31. The van der Waals surface area contributed by atoms with E-state index >= 15 is 0 Å². The highest BCUT2D eigenvalue weighted by atomic mass is 35.5. The Kier molecular flexibility index (Phi) is 7.34. The maximum Gasteiger partial charge on any atom is 0.266 e. The minimum atomic E-state index is -4.03. The van der Waals surface area contributed by atoms with Crippen LogP contribution in [0.2, 0.25) is 5.02 Å². The summed E-state index contributed by atoms with van der Waals surface area (Å²) in [5, 5.41) is 1.93. The molecule has 0 aliphatic heterocycles. The molecule has 0 saturated heterocycles. The molecule has 0 fully saturated rings. The molecule has 7 nitrogen and oxygen atoms in total. The molecule has 0 radical (unpaired) electrons. The van der Waals surface area contributed by atoms with Crippen molar-refractivity contribution in [1.82, 2.24) is 4.47 Å². The molecule has 1 aromatic heterocycles. The Morgan fingerprint density at radius 3 is 2.39 bits per heavy atom. The zero-order valence-corrected chi connectivity index (χ0v) is 19.5. The number of hydrogen-bond acceptors (Lipinski definition) is 6. The number of amides is 1. The van der Waals surface area contributed by atoms with Gasteiger partial charge in [-0.15, -0.1) is 11.3 Å². The molecule has 1 heterocycles. The summed E-state index contributed by atoms with van der Waals surface area (Å²) < 4.78 is 31.3. The van der Waals surface area contributed by atoms with Gasteiger partial charge in [-0.3, -0.25) is 9.63 Å². The van der Waals surface area contributed by atoms with Gasteiger partial charge in [0.1, 0.15) is 10.6 Å². The number of methoxy groups -OCH3 is 1. The molecule has 0 bridgehead atoms. The van der Waals surface area contributed by atoms with Crippen LogP contribution in [0, 0.1) is 0 Å². The lowest BCUT2D eigenvalue weighted by molar-refractivity contribution is -0.0258. The monoisotopic (exact) mass is 480 g/mol. The van der Waals surface area contributed by atoms with Gasteiger partial charge in [0.15, 0.2) is 0 Å². The van der Waals surface area contributed by atoms with Crippen LogP contribution in [-0.2, 0) is 21.4 Å². The van der Waals surface area contributed by atoms with Crippen LogP contribution >= 0.6 is 22.9 Å². The Labute approximate surface area is 190 Å². The van der Waals surface area contributed by atoms with E-state index in [9.17, 15) is 13.2 Å². The molecule has 3 aromatic rings. The van der Waals surface area contributed by atoms with E-state index in [2.05, 4.69) is 0 Å². The van der Waals surface area contributed by atoms with Gasteiger partial charge in [-0.1, -0.05) is 22.1 Å². The van der Waals surface area contributed by atoms with E-state index in [-0.39, 0.29) is 21.4 Å². The Morgan fingerprint density at radius 2 is 1.81 bits per heavy atom. The number of hydroxylamine groups is 1. The Bertz CT molecular complexity index is 1150. The van der Waals surface area contributed by atoms with E-state index in [1.165, 1.54) is 43.7 Å². The van der Waals surface area contributed by atoms with Crippen LogP contribution < -0.4 is 9.64 Å². The molecular formula is C21H21ClN2O5S2. The number of ether oxygens (including phenoxy) is 1. The largest absolute Gasteiger partial charge is 0.497 e. The van der Waals surface area contributed by atoms with Gasteiger partial charge in [0.25, 0.3) is 15.9 Å². The fourth-order valence-corrected chi connectivity index (χ4v) is 4.99. The lowest BCUT2D eigenvalue weighted by Gasteiger charge is -2.23. The van der Waals surface area contributed by atoms with Gasteiger partial charge in [0, 0.05) is 23.2 Å². The van der Waals surface area contributed by atoms with Gasteiger partial charge in [-0.05, 0) is 53.9 Å². The molecule has 31 heavy (non-hydrogen) atoms. The number of rotatable bonds is 8. The number of anilines is 1. The average molecular weight is 481 g/mol. The Balaban J connectivity index is 2.04. The molecule has 0 unspecified atom stereocenters. The highest BCUT2D eigenvalue weighted by molar-refractivity contribution is 7.89. The summed E-state index contributed by atoms with van der Waals surface area (Å²) in [7, 11) is 0.0144. The third-order valence-electron chi connectivity index (χ3n) is 4.57. The van der Waals surface area contributed by atoms with Crippen molar-refractivity contribution in [2.24, 2.45) is 0 Å². The summed E-state index contributed by atoms with van der Waals surface area (Å²) in [6.45, 7) is 0.325. The molecule has 0 atom stereocenters. The fourth-order valence-electron chi connectivity index (χ4n) is 2.83. The third-order valence-corrected chi connectivity index (χ3v) is 7.60. The summed E-state index contributed by atoms with van der Waals surface area (Å²) in [6.07, 6.45) is 0. The number of benzene rings is 2. The van der Waals surface area contributed by atoms with Gasteiger partial charge in [-0.25, -0.2) is 8.42 Å². The first-order chi connectivity index (χ1) is 14.8. The van der Waals surface area contributed by atoms with Crippen molar-refractivity contribution in [3.8, 4) is 5.75 Å². The van der Waals surface area contributed by atoms with Crippen molar-refractivity contribution in [2.45, 2.75) is 11.4 Å². The number of hydrogen-bond donors (Lipinski definition) is 0. The predicted octanol–water partition coefficient (Wildman–Crippen LogP) is 4.44. The molecule has 0 aliphatic carbocycles. The van der Waals surface area contributed by atoms with E-state index in [4.69, 9.17) is 21.2 Å². The number of nitrogens with zero attached hydrogens (tertiary/aromatic N) is 2. The summed E-state index contributed by atoms with van der Waals surface area (Å²) in [4.78, 5) is 20.6. The van der Waals surface area contributed by atoms with E-state index < -0.39 is 10.0 Å². The molecular weight excluding hydrogens is 460 g/mol. The van der Waals surface area contributed by atoms with Crippen LogP contribution in [0.4, 0.5) is 5.69 Å². The van der Waals surface area contributed by atoms with Crippen molar-refractivity contribution in [3.05, 3.63) is 75.4 Å². The lowest BCUT2D eigenvalue weighted by atomic mass is 10.1. The SMILES string of the molecule is COc1ccc(N(Cc2cccs2)C(=O)c2ccc(Cl)c(S(=O)(=O)N(C)OC)c2)cc1. The zero-order chi connectivity index (χ0) is 22.6. The minimum absolute atomic E-state index is 0.00490. The number of thiophene rings is 1. The molecule has 2 aromatic carbocycles. The van der Waals surface area contributed by atoms with Gasteiger partial charge in [-0.2, -0.15) is 0 Å². The van der Waals surface area contributed by atoms with Crippen molar-refractivity contribution < 1.29 is 22.8 Å². The predicted molar refractivity (Wildman–Crippen MR) is 121 cm³/mol. The van der Waals surface area contributed by atoms with Gasteiger partial charge in [0.05, 0.1) is 25.8 Å². The highest BCUT2D eigenvalue weighted by Gasteiger charge is 2.27. The Hall–Kier alpha value is -2.43. The number of sulfonamides is 1. The smallest absolute Gasteiger partial charge is 0.266 e. The standard InChI is InChI=1S/C21H21ClN2O5S2/c1-23(29-3)31(26,27)20-13-15(6-11-19(20)22)21(25)24(14-18-5-4-12-30-18)16-7-9-17(28-2)10-8-16/h4-13H,14H2,1-3H3. The molecule has 0 aliphatic rings. The van der Waals surface area contributed by atoms with Crippen molar-refractivity contribution in [2.75, 3.05) is 26.2 Å². The minimum Gasteiger partial charge on any atom is -0.497 e. The third kappa shape index (κ3) is 5.08. The number of carbonyl (C=O) groups is 1. The second kappa shape index (κ2) is 9.80. The summed E-state index contributed by atoms with van der Waals surface area (Å²) >= 11 is 7.66. The second-order valence-electron chi connectivity index (χ2n) is 6.41. The van der Waals surface area contributed by atoms with Crippen LogP contribution in [0.3, 0.4) is 0 Å². The number of carbonyl (C=O) groups excluding carboxylic acids is 1. The van der Waals surface area contributed by atoms with Crippen LogP contribution in [0.15, 0.2) is 64.9 Å². The van der Waals surface area contributed by atoms with Crippen molar-refractivity contribution >= 4 is 44.6 Å². The molecule has 0 N–H and O–H groups in total. The van der Waals surface area contributed by atoms with Gasteiger partial charge >= 0.3 is 0 Å². The molecule has 1 amide bonds. The maximum absolute atomic E-state index is 13.5. The molecule has 0 spiro atoms. The maximum atomic E-state index is 13.5. The van der Waals surface area contributed by atoms with E-state index in [1.807, 2.05) is 17.5 Å². The average Bonchev–Trinajstić information content (AvgIpc) is 3.30. The molecule has 10 heteroatoms. The van der Waals surface area contributed by atoms with Gasteiger partial charge in [0.2, 0.25) is 0 Å². The van der Waals surface area contributed by atoms with Crippen LogP contribution in [0.5, 0.6) is 5.75 Å². The summed E-state index contributed by atoms with van der Waals surface area (Å²) in [5.41, 5.74) is 0.826. The van der Waals surface area contributed by atoms with Crippen molar-refractivity contribution in [1.29, 1.82) is 0 Å². The van der Waals surface area contributed by atoms with Crippen LogP contribution in [0.1, 0.15) is 15.2 Å². The first kappa shape index (κ1) is 23.2. The number of halogens is 1. The topological polar surface area (TPSA) is 76.2 Å². The molecule has 0 saturated carbocycles. The van der Waals surface area contributed by atoms with E-state index in [0.717, 1.165) is 4.88 Å². The summed E-state index contributed by atoms with van der Waals surface area (Å²) in [5.74, 6) is 0.293. The zero-order valence-electron chi connectivity index (χ0n) is 17.1. The first-order valence-electron chi connectivity index (χ1n) is 9.09. The molecule has 164 valence electrons. The van der Waals surface area contributed by atoms with Crippen LogP contribution in [0.25, 0.3) is 0 Å². The van der Waals surface area contributed by atoms with Gasteiger partial charge < -0.3 is 9.64 Å². The van der Waals surface area contributed by atoms with Crippen molar-refractivity contribution in [3.63, 3.8) is 0 Å². The molecule has 3 rings (SSSR count). The first-order valence-corrected chi connectivity index (χ1v) is 11.8. The fraction of sp³-hybridized carbons (Fsp3) is 0.190. The highest BCUT2D eigenvalue weighted by Crippen LogP contribution is 2.29. The quantitative estimate of drug-likeness (QED) is 0.445. The second-order valence-corrected chi connectivity index (χ2v) is 9.75. The Morgan fingerprint density at radius 1 is 1.10 bits per heavy atom. The summed E-state index contributed by atoms with van der Waals surface area (Å²) in [6, 6.07) is 15.1. The van der Waals surface area contributed by atoms with E-state index in [1.54, 1.807) is 36.3 Å². The van der Waals surface area contributed by atoms with E-state index in [0.29, 0.717) is 22.5 Å². The normalized spacial score (nSPS) is 11.5. The van der Waals surface area contributed by atoms with Crippen LogP contribution in [-0.4, -0.2) is 40.1 Å².